The fraction of sp³-hybridized carbons (Fsp3) is 0.333. The fourth-order valence-electron chi connectivity index (χ4n) is 3.42. The Morgan fingerprint density at radius 2 is 2.04 bits per heavy atom. The van der Waals surface area contributed by atoms with Crippen LogP contribution in [0.1, 0.15) is 24.1 Å². The second-order valence-electron chi connectivity index (χ2n) is 6.90. The molecule has 0 spiro atoms. The third kappa shape index (κ3) is 4.78. The van der Waals surface area contributed by atoms with E-state index in [1.165, 1.54) is 12.1 Å². The number of hydrogen-bond acceptors (Lipinski definition) is 4. The van der Waals surface area contributed by atoms with Crippen LogP contribution in [0.4, 0.5) is 4.39 Å². The molecule has 0 N–H and O–H groups in total. The van der Waals surface area contributed by atoms with E-state index in [4.69, 9.17) is 4.74 Å². The van der Waals surface area contributed by atoms with Gasteiger partial charge in [-0.25, -0.2) is 9.07 Å². The molecule has 3 heterocycles. The van der Waals surface area contributed by atoms with Crippen molar-refractivity contribution in [3.05, 3.63) is 78.1 Å². The first-order chi connectivity index (χ1) is 13.3. The monoisotopic (exact) mass is 366 g/mol. The number of benzene rings is 1. The van der Waals surface area contributed by atoms with Crippen molar-refractivity contribution in [3.63, 3.8) is 0 Å². The molecule has 140 valence electrons. The first kappa shape index (κ1) is 17.8. The Bertz CT molecular complexity index is 844. The molecule has 4 rings (SSSR count). The van der Waals surface area contributed by atoms with Crippen molar-refractivity contribution in [2.45, 2.75) is 32.0 Å². The number of halogens is 1. The molecule has 6 heteroatoms. The summed E-state index contributed by atoms with van der Waals surface area (Å²) in [5, 5.41) is 4.43. The van der Waals surface area contributed by atoms with Crippen LogP contribution in [0.15, 0.2) is 61.1 Å². The van der Waals surface area contributed by atoms with Crippen molar-refractivity contribution in [2.24, 2.45) is 0 Å². The van der Waals surface area contributed by atoms with Gasteiger partial charge in [-0.05, 0) is 49.2 Å². The topological polar surface area (TPSA) is 43.2 Å². The minimum Gasteiger partial charge on any atom is -0.377 e. The molecule has 1 fully saturated rings. The van der Waals surface area contributed by atoms with Gasteiger partial charge in [0, 0.05) is 44.2 Å². The molecule has 2 aromatic heterocycles. The molecule has 1 atom stereocenters. The van der Waals surface area contributed by atoms with Gasteiger partial charge in [0.1, 0.15) is 5.82 Å². The number of hydrogen-bond donors (Lipinski definition) is 0. The zero-order chi connectivity index (χ0) is 18.5. The van der Waals surface area contributed by atoms with E-state index in [9.17, 15) is 4.39 Å². The summed E-state index contributed by atoms with van der Waals surface area (Å²) < 4.78 is 20.7. The molecule has 5 nitrogen and oxygen atoms in total. The van der Waals surface area contributed by atoms with E-state index >= 15 is 0 Å². The van der Waals surface area contributed by atoms with Gasteiger partial charge >= 0.3 is 0 Å². The Hall–Kier alpha value is -2.57. The second-order valence-corrected chi connectivity index (χ2v) is 6.90. The predicted molar refractivity (Wildman–Crippen MR) is 101 cm³/mol. The van der Waals surface area contributed by atoms with Crippen LogP contribution in [0.5, 0.6) is 0 Å². The van der Waals surface area contributed by atoms with Crippen LogP contribution in [0.3, 0.4) is 0 Å². The lowest BCUT2D eigenvalue weighted by Gasteiger charge is -2.24. The van der Waals surface area contributed by atoms with Gasteiger partial charge in [0.05, 0.1) is 23.7 Å². The Labute approximate surface area is 158 Å². The van der Waals surface area contributed by atoms with E-state index in [1.807, 2.05) is 36.8 Å². The normalized spacial score (nSPS) is 16.9. The minimum atomic E-state index is -0.246. The second kappa shape index (κ2) is 8.41. The van der Waals surface area contributed by atoms with Gasteiger partial charge in [0.2, 0.25) is 0 Å². The third-order valence-electron chi connectivity index (χ3n) is 4.73. The Balaban J connectivity index is 1.47. The quantitative estimate of drug-likeness (QED) is 0.641. The summed E-state index contributed by atoms with van der Waals surface area (Å²) in [6, 6.07) is 12.3. The van der Waals surface area contributed by atoms with Crippen LogP contribution in [-0.4, -0.2) is 38.9 Å². The van der Waals surface area contributed by atoms with Crippen LogP contribution in [0.2, 0.25) is 0 Å². The Kier molecular flexibility index (Phi) is 5.55. The first-order valence-corrected chi connectivity index (χ1v) is 9.29. The number of ether oxygens (including phenoxy) is 1. The van der Waals surface area contributed by atoms with Crippen LogP contribution < -0.4 is 0 Å². The van der Waals surface area contributed by atoms with E-state index in [1.54, 1.807) is 16.8 Å². The largest absolute Gasteiger partial charge is 0.377 e. The molecule has 1 aliphatic rings. The maximum atomic E-state index is 13.1. The van der Waals surface area contributed by atoms with E-state index in [-0.39, 0.29) is 11.9 Å². The van der Waals surface area contributed by atoms with Crippen molar-refractivity contribution in [1.29, 1.82) is 0 Å². The summed E-state index contributed by atoms with van der Waals surface area (Å²) in [5.74, 6) is -0.246. The fourth-order valence-corrected chi connectivity index (χ4v) is 3.42. The van der Waals surface area contributed by atoms with E-state index < -0.39 is 0 Å². The Morgan fingerprint density at radius 3 is 2.78 bits per heavy atom. The molecule has 0 unspecified atom stereocenters. The molecular weight excluding hydrogens is 343 g/mol. The molecule has 0 bridgehead atoms. The van der Waals surface area contributed by atoms with Crippen molar-refractivity contribution in [3.8, 4) is 5.69 Å². The lowest BCUT2D eigenvalue weighted by molar-refractivity contribution is 0.0675. The highest BCUT2D eigenvalue weighted by atomic mass is 19.1. The highest BCUT2D eigenvalue weighted by Gasteiger charge is 2.20. The molecule has 0 saturated carbocycles. The summed E-state index contributed by atoms with van der Waals surface area (Å²) >= 11 is 0. The van der Waals surface area contributed by atoms with E-state index in [0.717, 1.165) is 56.0 Å². The predicted octanol–water partition coefficient (Wildman–Crippen LogP) is 3.59. The van der Waals surface area contributed by atoms with Crippen LogP contribution in [0.25, 0.3) is 5.69 Å². The smallest absolute Gasteiger partial charge is 0.123 e. The van der Waals surface area contributed by atoms with E-state index in [2.05, 4.69) is 15.0 Å². The molecule has 1 aromatic carbocycles. The van der Waals surface area contributed by atoms with Crippen molar-refractivity contribution >= 4 is 0 Å². The van der Waals surface area contributed by atoms with Gasteiger partial charge in [0.25, 0.3) is 0 Å². The molecule has 0 amide bonds. The van der Waals surface area contributed by atoms with Crippen molar-refractivity contribution in [2.75, 3.05) is 13.2 Å². The molecule has 27 heavy (non-hydrogen) atoms. The molecule has 0 radical (unpaired) electrons. The summed E-state index contributed by atoms with van der Waals surface area (Å²) in [4.78, 5) is 6.81. The molecule has 3 aromatic rings. The van der Waals surface area contributed by atoms with Gasteiger partial charge in [-0.15, -0.1) is 0 Å². The van der Waals surface area contributed by atoms with Crippen molar-refractivity contribution < 1.29 is 9.13 Å². The molecule has 1 aliphatic heterocycles. The average molecular weight is 366 g/mol. The van der Waals surface area contributed by atoms with Gasteiger partial charge in [-0.1, -0.05) is 6.07 Å². The highest BCUT2D eigenvalue weighted by Crippen LogP contribution is 2.17. The summed E-state index contributed by atoms with van der Waals surface area (Å²) in [7, 11) is 0. The SMILES string of the molecule is Fc1ccc(-n2cc(CN(Cc3ccccn3)C[C@H]3CCCO3)cn2)cc1. The van der Waals surface area contributed by atoms with E-state index in [0.29, 0.717) is 0 Å². The standard InChI is InChI=1S/C21H23FN4O/c22-18-6-8-20(9-7-18)26-14-17(12-24-26)13-25(16-21-5-3-11-27-21)15-19-4-1-2-10-23-19/h1-2,4,6-10,12,14,21H,3,5,11,13,15-16H2/t21-/m1/s1. The van der Waals surface area contributed by atoms with Crippen LogP contribution >= 0.6 is 0 Å². The van der Waals surface area contributed by atoms with Crippen LogP contribution in [0, 0.1) is 5.82 Å². The lowest BCUT2D eigenvalue weighted by atomic mass is 10.2. The summed E-state index contributed by atoms with van der Waals surface area (Å²) in [5.41, 5.74) is 2.99. The van der Waals surface area contributed by atoms with Gasteiger partial charge in [0.15, 0.2) is 0 Å². The van der Waals surface area contributed by atoms with Crippen molar-refractivity contribution in [1.82, 2.24) is 19.7 Å². The zero-order valence-electron chi connectivity index (χ0n) is 15.2. The third-order valence-corrected chi connectivity index (χ3v) is 4.73. The number of aromatic nitrogens is 3. The first-order valence-electron chi connectivity index (χ1n) is 9.29. The Morgan fingerprint density at radius 1 is 1.15 bits per heavy atom. The zero-order valence-corrected chi connectivity index (χ0v) is 15.2. The summed E-state index contributed by atoms with van der Waals surface area (Å²) in [6.45, 7) is 3.25. The molecule has 0 aliphatic carbocycles. The van der Waals surface area contributed by atoms with Gasteiger partial charge in [-0.3, -0.25) is 9.88 Å². The highest BCUT2D eigenvalue weighted by molar-refractivity contribution is 5.31. The van der Waals surface area contributed by atoms with Gasteiger partial charge < -0.3 is 4.74 Å². The maximum absolute atomic E-state index is 13.1. The average Bonchev–Trinajstić information content (AvgIpc) is 3.35. The molecular formula is C21H23FN4O. The maximum Gasteiger partial charge on any atom is 0.123 e. The minimum absolute atomic E-state index is 0.246. The van der Waals surface area contributed by atoms with Gasteiger partial charge in [-0.2, -0.15) is 5.10 Å². The number of nitrogens with zero attached hydrogens (tertiary/aromatic N) is 4. The summed E-state index contributed by atoms with van der Waals surface area (Å²) in [6.07, 6.45) is 8.20. The van der Waals surface area contributed by atoms with Crippen LogP contribution in [-0.2, 0) is 17.8 Å². The molecule has 1 saturated heterocycles. The number of pyridine rings is 1. The number of rotatable bonds is 7. The lowest BCUT2D eigenvalue weighted by Crippen LogP contribution is -2.31.